The van der Waals surface area contributed by atoms with Crippen LogP contribution in [0.5, 0.6) is 11.5 Å². The molecule has 100 valence electrons. The second-order valence-electron chi connectivity index (χ2n) is 4.11. The first-order valence-corrected chi connectivity index (χ1v) is 7.27. The molecule has 0 saturated carbocycles. The van der Waals surface area contributed by atoms with Crippen LogP contribution in [0.4, 0.5) is 0 Å². The van der Waals surface area contributed by atoms with Crippen LogP contribution < -0.4 is 4.74 Å². The van der Waals surface area contributed by atoms with Crippen LogP contribution in [0.2, 0.25) is 0 Å². The molecule has 2 aromatic rings. The molecular weight excluding hydrogens is 264 g/mol. The SMILES string of the molecule is CC(c1ccccc1Oc1ccccc1)S(=O)(=O)O. The standard InChI is InChI=1S/C14H14O4S/c1-11(19(15,16)17)13-9-5-6-10-14(13)18-12-7-3-2-4-8-12/h2-11H,1H3,(H,15,16,17). The summed E-state index contributed by atoms with van der Waals surface area (Å²) >= 11 is 0. The highest BCUT2D eigenvalue weighted by Crippen LogP contribution is 2.32. The molecule has 0 spiro atoms. The average molecular weight is 278 g/mol. The van der Waals surface area contributed by atoms with Gasteiger partial charge < -0.3 is 4.74 Å². The number of ether oxygens (including phenoxy) is 1. The highest BCUT2D eigenvalue weighted by molar-refractivity contribution is 7.86. The number of para-hydroxylation sites is 2. The van der Waals surface area contributed by atoms with Crippen LogP contribution in [-0.2, 0) is 10.1 Å². The molecule has 2 aromatic carbocycles. The molecule has 1 atom stereocenters. The van der Waals surface area contributed by atoms with Crippen molar-refractivity contribution in [1.82, 2.24) is 0 Å². The van der Waals surface area contributed by atoms with E-state index in [1.165, 1.54) is 6.92 Å². The number of hydrogen-bond donors (Lipinski definition) is 1. The second-order valence-corrected chi connectivity index (χ2v) is 5.85. The highest BCUT2D eigenvalue weighted by Gasteiger charge is 2.23. The maximum absolute atomic E-state index is 11.2. The van der Waals surface area contributed by atoms with Gasteiger partial charge in [-0.25, -0.2) is 0 Å². The third kappa shape index (κ3) is 3.33. The molecule has 1 unspecified atom stereocenters. The van der Waals surface area contributed by atoms with Gasteiger partial charge in [-0.3, -0.25) is 4.55 Å². The molecule has 0 heterocycles. The predicted octanol–water partition coefficient (Wildman–Crippen LogP) is 3.43. The fourth-order valence-electron chi connectivity index (χ4n) is 1.69. The van der Waals surface area contributed by atoms with E-state index < -0.39 is 15.4 Å². The van der Waals surface area contributed by atoms with E-state index in [2.05, 4.69) is 0 Å². The molecule has 0 radical (unpaired) electrons. The Bertz CT molecular complexity index is 650. The topological polar surface area (TPSA) is 63.6 Å². The third-order valence-corrected chi connectivity index (χ3v) is 3.92. The van der Waals surface area contributed by atoms with Gasteiger partial charge in [0.25, 0.3) is 10.1 Å². The summed E-state index contributed by atoms with van der Waals surface area (Å²) in [5.74, 6) is 1.02. The van der Waals surface area contributed by atoms with Crippen LogP contribution in [0.3, 0.4) is 0 Å². The summed E-state index contributed by atoms with van der Waals surface area (Å²) < 4.78 is 37.3. The first-order valence-electron chi connectivity index (χ1n) is 5.76. The Kier molecular flexibility index (Phi) is 3.87. The van der Waals surface area contributed by atoms with Crippen molar-refractivity contribution in [3.05, 3.63) is 60.2 Å². The number of benzene rings is 2. The van der Waals surface area contributed by atoms with Gasteiger partial charge in [0.2, 0.25) is 0 Å². The summed E-state index contributed by atoms with van der Waals surface area (Å²) in [6, 6.07) is 15.8. The molecule has 4 nitrogen and oxygen atoms in total. The molecule has 0 aliphatic heterocycles. The van der Waals surface area contributed by atoms with Crippen LogP contribution in [0, 0.1) is 0 Å². The lowest BCUT2D eigenvalue weighted by Crippen LogP contribution is -2.09. The zero-order chi connectivity index (χ0) is 13.9. The quantitative estimate of drug-likeness (QED) is 0.870. The van der Waals surface area contributed by atoms with E-state index in [0.717, 1.165) is 0 Å². The third-order valence-electron chi connectivity index (χ3n) is 2.77. The Morgan fingerprint density at radius 2 is 1.58 bits per heavy atom. The lowest BCUT2D eigenvalue weighted by molar-refractivity contribution is 0.458. The smallest absolute Gasteiger partial charge is 0.271 e. The first kappa shape index (κ1) is 13.6. The van der Waals surface area contributed by atoms with Crippen molar-refractivity contribution in [1.29, 1.82) is 0 Å². The van der Waals surface area contributed by atoms with Crippen LogP contribution in [0.25, 0.3) is 0 Å². The lowest BCUT2D eigenvalue weighted by Gasteiger charge is -2.14. The largest absolute Gasteiger partial charge is 0.457 e. The van der Waals surface area contributed by atoms with Gasteiger partial charge in [-0.1, -0.05) is 36.4 Å². The maximum atomic E-state index is 11.2. The normalized spacial score (nSPS) is 12.9. The Hall–Kier alpha value is -1.85. The molecule has 0 aromatic heterocycles. The minimum atomic E-state index is -4.15. The summed E-state index contributed by atoms with van der Waals surface area (Å²) in [5, 5.41) is -1.03. The molecule has 0 amide bonds. The van der Waals surface area contributed by atoms with E-state index in [9.17, 15) is 8.42 Å². The molecule has 1 N–H and O–H groups in total. The van der Waals surface area contributed by atoms with Crippen molar-refractivity contribution >= 4 is 10.1 Å². The molecule has 0 saturated heterocycles. The van der Waals surface area contributed by atoms with E-state index in [-0.39, 0.29) is 0 Å². The van der Waals surface area contributed by atoms with E-state index in [0.29, 0.717) is 17.1 Å². The Labute approximate surface area is 112 Å². The van der Waals surface area contributed by atoms with Crippen molar-refractivity contribution < 1.29 is 17.7 Å². The van der Waals surface area contributed by atoms with Crippen molar-refractivity contribution in [2.45, 2.75) is 12.2 Å². The highest BCUT2D eigenvalue weighted by atomic mass is 32.2. The number of rotatable bonds is 4. The lowest BCUT2D eigenvalue weighted by atomic mass is 10.1. The first-order chi connectivity index (χ1) is 8.98. The van der Waals surface area contributed by atoms with Crippen LogP contribution in [0.15, 0.2) is 54.6 Å². The fraction of sp³-hybridized carbons (Fsp3) is 0.143. The minimum Gasteiger partial charge on any atom is -0.457 e. The van der Waals surface area contributed by atoms with Gasteiger partial charge in [-0.2, -0.15) is 8.42 Å². The predicted molar refractivity (Wildman–Crippen MR) is 72.9 cm³/mol. The fourth-order valence-corrected chi connectivity index (χ4v) is 2.20. The zero-order valence-electron chi connectivity index (χ0n) is 10.4. The van der Waals surface area contributed by atoms with Crippen molar-refractivity contribution in [2.75, 3.05) is 0 Å². The maximum Gasteiger partial charge on any atom is 0.271 e. The molecule has 0 aliphatic rings. The van der Waals surface area contributed by atoms with Crippen LogP contribution >= 0.6 is 0 Å². The van der Waals surface area contributed by atoms with Crippen molar-refractivity contribution in [2.24, 2.45) is 0 Å². The molecule has 0 bridgehead atoms. The monoisotopic (exact) mass is 278 g/mol. The molecular formula is C14H14O4S. The van der Waals surface area contributed by atoms with E-state index >= 15 is 0 Å². The van der Waals surface area contributed by atoms with E-state index in [1.54, 1.807) is 36.4 Å². The van der Waals surface area contributed by atoms with E-state index in [1.807, 2.05) is 18.2 Å². The molecule has 2 rings (SSSR count). The van der Waals surface area contributed by atoms with Gasteiger partial charge in [-0.15, -0.1) is 0 Å². The average Bonchev–Trinajstić information content (AvgIpc) is 2.39. The zero-order valence-corrected chi connectivity index (χ0v) is 11.2. The van der Waals surface area contributed by atoms with Gasteiger partial charge in [0, 0.05) is 5.56 Å². The summed E-state index contributed by atoms with van der Waals surface area (Å²) in [6.45, 7) is 1.42. The van der Waals surface area contributed by atoms with Gasteiger partial charge in [0.15, 0.2) is 0 Å². The molecule has 5 heteroatoms. The van der Waals surface area contributed by atoms with Crippen LogP contribution in [0.1, 0.15) is 17.7 Å². The van der Waals surface area contributed by atoms with Gasteiger partial charge >= 0.3 is 0 Å². The van der Waals surface area contributed by atoms with Crippen molar-refractivity contribution in [3.8, 4) is 11.5 Å². The number of hydrogen-bond acceptors (Lipinski definition) is 3. The van der Waals surface area contributed by atoms with Crippen molar-refractivity contribution in [3.63, 3.8) is 0 Å². The Morgan fingerprint density at radius 3 is 2.21 bits per heavy atom. The van der Waals surface area contributed by atoms with Gasteiger partial charge in [0.05, 0.1) is 0 Å². The van der Waals surface area contributed by atoms with Gasteiger partial charge in [-0.05, 0) is 25.1 Å². The summed E-state index contributed by atoms with van der Waals surface area (Å²) in [7, 11) is -4.15. The Balaban J connectivity index is 2.37. The summed E-state index contributed by atoms with van der Waals surface area (Å²) in [4.78, 5) is 0. The minimum absolute atomic E-state index is 0.416. The summed E-state index contributed by atoms with van der Waals surface area (Å²) in [6.07, 6.45) is 0. The second kappa shape index (κ2) is 5.42. The molecule has 0 aliphatic carbocycles. The Morgan fingerprint density at radius 1 is 1.00 bits per heavy atom. The van der Waals surface area contributed by atoms with E-state index in [4.69, 9.17) is 9.29 Å². The summed E-state index contributed by atoms with van der Waals surface area (Å²) in [5.41, 5.74) is 0.425. The van der Waals surface area contributed by atoms with Gasteiger partial charge in [0.1, 0.15) is 16.7 Å². The molecule has 19 heavy (non-hydrogen) atoms. The van der Waals surface area contributed by atoms with Crippen LogP contribution in [-0.4, -0.2) is 13.0 Å². The molecule has 0 fully saturated rings.